The molecule has 2 nitrogen and oxygen atoms in total. The molecule has 1 heterocycles. The summed E-state index contributed by atoms with van der Waals surface area (Å²) in [7, 11) is 0. The molecule has 1 aromatic rings. The number of fused-ring (bicyclic) bond motifs is 1. The van der Waals surface area contributed by atoms with Crippen molar-refractivity contribution in [3.8, 4) is 0 Å². The van der Waals surface area contributed by atoms with Crippen molar-refractivity contribution in [3.63, 3.8) is 0 Å². The van der Waals surface area contributed by atoms with Gasteiger partial charge in [0.25, 0.3) is 0 Å². The predicted octanol–water partition coefficient (Wildman–Crippen LogP) is 3.00. The lowest BCUT2D eigenvalue weighted by molar-refractivity contribution is 0.232. The standard InChI is InChI=1S/C15H21ClN2/c1-10(17)12-6-7-18(9-12)15-5-2-11-8-13(16)3-4-14(11)15/h3-4,8,10,12,15H,2,5-7,9,17H2,1H3. The van der Waals surface area contributed by atoms with Gasteiger partial charge in [-0.2, -0.15) is 0 Å². The summed E-state index contributed by atoms with van der Waals surface area (Å²) in [5.74, 6) is 0.668. The molecule has 98 valence electrons. The topological polar surface area (TPSA) is 29.3 Å². The SMILES string of the molecule is CC(N)C1CCN(C2CCc3cc(Cl)ccc32)C1. The fraction of sp³-hybridized carbons (Fsp3) is 0.600. The van der Waals surface area contributed by atoms with E-state index in [1.54, 1.807) is 0 Å². The van der Waals surface area contributed by atoms with Crippen LogP contribution in [0.3, 0.4) is 0 Å². The van der Waals surface area contributed by atoms with E-state index >= 15 is 0 Å². The van der Waals surface area contributed by atoms with E-state index in [0.717, 1.165) is 11.6 Å². The van der Waals surface area contributed by atoms with Gasteiger partial charge in [0.2, 0.25) is 0 Å². The fourth-order valence-electron chi connectivity index (χ4n) is 3.47. The van der Waals surface area contributed by atoms with Gasteiger partial charge in [-0.15, -0.1) is 0 Å². The van der Waals surface area contributed by atoms with Crippen LogP contribution in [0.4, 0.5) is 0 Å². The first-order chi connectivity index (χ1) is 8.65. The molecule has 2 aliphatic rings. The number of rotatable bonds is 2. The zero-order valence-corrected chi connectivity index (χ0v) is 11.7. The molecule has 1 fully saturated rings. The van der Waals surface area contributed by atoms with E-state index in [1.165, 1.54) is 36.9 Å². The van der Waals surface area contributed by atoms with Crippen LogP contribution >= 0.6 is 11.6 Å². The van der Waals surface area contributed by atoms with Gasteiger partial charge in [-0.1, -0.05) is 17.7 Å². The third kappa shape index (κ3) is 2.18. The first-order valence-electron chi connectivity index (χ1n) is 6.93. The van der Waals surface area contributed by atoms with Crippen molar-refractivity contribution in [1.82, 2.24) is 4.90 Å². The summed E-state index contributed by atoms with van der Waals surface area (Å²) in [5.41, 5.74) is 8.96. The van der Waals surface area contributed by atoms with E-state index in [4.69, 9.17) is 17.3 Å². The molecule has 3 unspecified atom stereocenters. The maximum absolute atomic E-state index is 6.07. The second kappa shape index (κ2) is 4.84. The summed E-state index contributed by atoms with van der Waals surface area (Å²) >= 11 is 6.07. The average Bonchev–Trinajstić information content (AvgIpc) is 2.92. The number of aryl methyl sites for hydroxylation is 1. The lowest BCUT2D eigenvalue weighted by Gasteiger charge is -2.25. The fourth-order valence-corrected chi connectivity index (χ4v) is 3.67. The van der Waals surface area contributed by atoms with Crippen LogP contribution in [0.5, 0.6) is 0 Å². The quantitative estimate of drug-likeness (QED) is 0.890. The van der Waals surface area contributed by atoms with Crippen LogP contribution in [-0.4, -0.2) is 24.0 Å². The lowest BCUT2D eigenvalue weighted by Crippen LogP contribution is -2.31. The molecule has 3 heteroatoms. The van der Waals surface area contributed by atoms with Gasteiger partial charge >= 0.3 is 0 Å². The monoisotopic (exact) mass is 264 g/mol. The van der Waals surface area contributed by atoms with E-state index in [9.17, 15) is 0 Å². The van der Waals surface area contributed by atoms with Crippen molar-refractivity contribution in [2.24, 2.45) is 11.7 Å². The third-order valence-corrected chi connectivity index (χ3v) is 4.83. The van der Waals surface area contributed by atoms with Crippen LogP contribution in [0.15, 0.2) is 18.2 Å². The summed E-state index contributed by atoms with van der Waals surface area (Å²) in [6.07, 6.45) is 3.65. The van der Waals surface area contributed by atoms with Gasteiger partial charge in [0.15, 0.2) is 0 Å². The van der Waals surface area contributed by atoms with Crippen molar-refractivity contribution >= 4 is 11.6 Å². The molecule has 3 atom stereocenters. The maximum Gasteiger partial charge on any atom is 0.0408 e. The van der Waals surface area contributed by atoms with Crippen molar-refractivity contribution in [3.05, 3.63) is 34.3 Å². The molecule has 2 N–H and O–H groups in total. The van der Waals surface area contributed by atoms with Gasteiger partial charge in [0.1, 0.15) is 0 Å². The molecule has 1 saturated heterocycles. The molecule has 18 heavy (non-hydrogen) atoms. The van der Waals surface area contributed by atoms with Crippen LogP contribution in [0.1, 0.15) is 36.9 Å². The minimum atomic E-state index is 0.320. The van der Waals surface area contributed by atoms with Crippen molar-refractivity contribution < 1.29 is 0 Å². The third-order valence-electron chi connectivity index (χ3n) is 4.59. The Hall–Kier alpha value is -0.570. The summed E-state index contributed by atoms with van der Waals surface area (Å²) < 4.78 is 0. The molecule has 1 aliphatic heterocycles. The van der Waals surface area contributed by atoms with Gasteiger partial charge < -0.3 is 5.73 Å². The Balaban J connectivity index is 1.77. The number of hydrogen-bond acceptors (Lipinski definition) is 2. The summed E-state index contributed by atoms with van der Waals surface area (Å²) in [4.78, 5) is 2.62. The summed E-state index contributed by atoms with van der Waals surface area (Å²) in [6.45, 7) is 4.49. The highest BCUT2D eigenvalue weighted by Crippen LogP contribution is 2.39. The van der Waals surface area contributed by atoms with E-state index in [-0.39, 0.29) is 0 Å². The number of hydrogen-bond donors (Lipinski definition) is 1. The first kappa shape index (κ1) is 12.5. The number of likely N-dealkylation sites (tertiary alicyclic amines) is 1. The van der Waals surface area contributed by atoms with Crippen LogP contribution in [0, 0.1) is 5.92 Å². The molecule has 0 amide bonds. The van der Waals surface area contributed by atoms with Crippen molar-refractivity contribution in [2.75, 3.05) is 13.1 Å². The molecule has 0 spiro atoms. The van der Waals surface area contributed by atoms with Crippen LogP contribution < -0.4 is 5.73 Å². The minimum absolute atomic E-state index is 0.320. The highest BCUT2D eigenvalue weighted by Gasteiger charge is 2.34. The number of nitrogens with zero attached hydrogens (tertiary/aromatic N) is 1. The Labute approximate surface area is 114 Å². The molecule has 0 saturated carbocycles. The Morgan fingerprint density at radius 3 is 2.94 bits per heavy atom. The molecular weight excluding hydrogens is 244 g/mol. The minimum Gasteiger partial charge on any atom is -0.328 e. The lowest BCUT2D eigenvalue weighted by atomic mass is 10.0. The molecule has 3 rings (SSSR count). The normalized spacial score (nSPS) is 29.5. The van der Waals surface area contributed by atoms with Gasteiger partial charge in [0.05, 0.1) is 0 Å². The molecular formula is C15H21ClN2. The predicted molar refractivity (Wildman–Crippen MR) is 75.8 cm³/mol. The first-order valence-corrected chi connectivity index (χ1v) is 7.31. The zero-order valence-electron chi connectivity index (χ0n) is 10.9. The Bertz CT molecular complexity index is 444. The second-order valence-electron chi connectivity index (χ2n) is 5.80. The average molecular weight is 265 g/mol. The Kier molecular flexibility index (Phi) is 3.35. The van der Waals surface area contributed by atoms with Crippen molar-refractivity contribution in [2.45, 2.75) is 38.3 Å². The van der Waals surface area contributed by atoms with Gasteiger partial charge in [0, 0.05) is 23.7 Å². The van der Waals surface area contributed by atoms with E-state index in [2.05, 4.69) is 24.0 Å². The Morgan fingerprint density at radius 2 is 2.22 bits per heavy atom. The highest BCUT2D eigenvalue weighted by molar-refractivity contribution is 6.30. The second-order valence-corrected chi connectivity index (χ2v) is 6.24. The van der Waals surface area contributed by atoms with E-state index in [0.29, 0.717) is 18.0 Å². The van der Waals surface area contributed by atoms with Gasteiger partial charge in [-0.05, 0) is 61.9 Å². The molecule has 0 bridgehead atoms. The molecule has 0 radical (unpaired) electrons. The Morgan fingerprint density at radius 1 is 1.39 bits per heavy atom. The number of benzene rings is 1. The van der Waals surface area contributed by atoms with E-state index < -0.39 is 0 Å². The van der Waals surface area contributed by atoms with E-state index in [1.807, 2.05) is 6.07 Å². The van der Waals surface area contributed by atoms with Crippen LogP contribution in [0.25, 0.3) is 0 Å². The zero-order chi connectivity index (χ0) is 12.7. The highest BCUT2D eigenvalue weighted by atomic mass is 35.5. The number of nitrogens with two attached hydrogens (primary N) is 1. The number of halogens is 1. The molecule has 1 aromatic carbocycles. The van der Waals surface area contributed by atoms with Crippen molar-refractivity contribution in [1.29, 1.82) is 0 Å². The van der Waals surface area contributed by atoms with Gasteiger partial charge in [-0.3, -0.25) is 4.90 Å². The smallest absolute Gasteiger partial charge is 0.0408 e. The largest absolute Gasteiger partial charge is 0.328 e. The summed E-state index contributed by atoms with van der Waals surface area (Å²) in [5, 5.41) is 0.865. The van der Waals surface area contributed by atoms with Crippen LogP contribution in [-0.2, 0) is 6.42 Å². The van der Waals surface area contributed by atoms with Crippen LogP contribution in [0.2, 0.25) is 5.02 Å². The maximum atomic E-state index is 6.07. The molecule has 1 aliphatic carbocycles. The molecule has 0 aromatic heterocycles. The van der Waals surface area contributed by atoms with Gasteiger partial charge in [-0.25, -0.2) is 0 Å². The summed E-state index contributed by atoms with van der Waals surface area (Å²) in [6, 6.07) is 7.30.